The van der Waals surface area contributed by atoms with Crippen LogP contribution in [0.1, 0.15) is 5.56 Å². The van der Waals surface area contributed by atoms with Gasteiger partial charge in [0.15, 0.2) is 13.1 Å². The number of rotatable bonds is 7. The van der Waals surface area contributed by atoms with Gasteiger partial charge in [-0.3, -0.25) is 0 Å². The van der Waals surface area contributed by atoms with Crippen molar-refractivity contribution in [2.24, 2.45) is 0 Å². The predicted octanol–water partition coefficient (Wildman–Crippen LogP) is 2.30. The summed E-state index contributed by atoms with van der Waals surface area (Å²) in [5, 5.41) is 16.7. The Labute approximate surface area is 256 Å². The van der Waals surface area contributed by atoms with E-state index in [1.54, 1.807) is 12.1 Å². The van der Waals surface area contributed by atoms with Gasteiger partial charge in [0.2, 0.25) is 5.44 Å². The summed E-state index contributed by atoms with van der Waals surface area (Å²) in [6, 6.07) is 48.1. The fourth-order valence-corrected chi connectivity index (χ4v) is 9.22. The van der Waals surface area contributed by atoms with Crippen molar-refractivity contribution < 1.29 is 33.3 Å². The van der Waals surface area contributed by atoms with Crippen LogP contribution in [0.25, 0.3) is 22.9 Å². The number of aromatic nitrogens is 4. The molecule has 0 aliphatic rings. The first-order valence-electron chi connectivity index (χ1n) is 13.3. The molecule has 5 aromatic carbocycles. The van der Waals surface area contributed by atoms with Crippen LogP contribution in [-0.4, -0.2) is 24.9 Å². The summed E-state index contributed by atoms with van der Waals surface area (Å²) in [4.78, 5) is 0. The molecule has 0 aliphatic heterocycles. The smallest absolute Gasteiger partial charge is 0.203 e. The third kappa shape index (κ3) is 7.12. The second-order valence-corrected chi connectivity index (χ2v) is 13.5. The molecule has 0 fully saturated rings. The van der Waals surface area contributed by atoms with Gasteiger partial charge in [0.05, 0.1) is 14.9 Å². The summed E-state index contributed by atoms with van der Waals surface area (Å²) >= 11 is 0. The van der Waals surface area contributed by atoms with Gasteiger partial charge in [-0.2, -0.15) is 18.7 Å². The van der Waals surface area contributed by atoms with Crippen molar-refractivity contribution in [3.8, 4) is 11.4 Å². The van der Waals surface area contributed by atoms with E-state index in [1.807, 2.05) is 53.2 Å². The molecule has 0 unspecified atom stereocenters. The molecule has 0 aliphatic carbocycles. The van der Waals surface area contributed by atoms with Crippen LogP contribution in [-0.2, 0) is 0 Å². The SMILES string of the molecule is Fc1ccc(/C=C(\n2nnnc2-c2ccccc2)[P+](c2ccccc2)(c2ccccc2)c2ccccc2)cc1.[O-][Cl+3]([O-])([O-])O. The fraction of sp³-hybridized carbons (Fsp3) is 0. The molecular weight excluding hydrogens is 602 g/mol. The number of hydrogen-bond donors (Lipinski definition) is 1. The van der Waals surface area contributed by atoms with Crippen molar-refractivity contribution in [1.29, 1.82) is 0 Å². The van der Waals surface area contributed by atoms with Crippen molar-refractivity contribution in [2.75, 3.05) is 0 Å². The van der Waals surface area contributed by atoms with Gasteiger partial charge >= 0.3 is 0 Å². The van der Waals surface area contributed by atoms with Gasteiger partial charge in [-0.15, -0.1) is 5.10 Å². The van der Waals surface area contributed by atoms with Crippen LogP contribution >= 0.6 is 7.26 Å². The van der Waals surface area contributed by atoms with Gasteiger partial charge in [0.25, 0.3) is 0 Å². The molecule has 44 heavy (non-hydrogen) atoms. The summed E-state index contributed by atoms with van der Waals surface area (Å²) < 4.78 is 48.5. The van der Waals surface area contributed by atoms with Crippen molar-refractivity contribution in [2.45, 2.75) is 0 Å². The molecule has 1 heterocycles. The topological polar surface area (TPSA) is 133 Å². The molecule has 0 atom stereocenters. The van der Waals surface area contributed by atoms with E-state index in [0.717, 1.165) is 32.5 Å². The zero-order valence-electron chi connectivity index (χ0n) is 23.1. The van der Waals surface area contributed by atoms with E-state index in [-0.39, 0.29) is 5.82 Å². The van der Waals surface area contributed by atoms with E-state index in [1.165, 1.54) is 12.1 Å². The molecule has 6 aromatic rings. The third-order valence-corrected chi connectivity index (χ3v) is 10.9. The summed E-state index contributed by atoms with van der Waals surface area (Å²) in [6.07, 6.45) is 2.10. The van der Waals surface area contributed by atoms with Gasteiger partial charge in [-0.25, -0.2) is 4.39 Å². The molecule has 220 valence electrons. The highest BCUT2D eigenvalue weighted by Gasteiger charge is 2.52. The molecule has 0 spiro atoms. The lowest BCUT2D eigenvalue weighted by Gasteiger charge is -2.29. The Kier molecular flexibility index (Phi) is 9.67. The zero-order valence-corrected chi connectivity index (χ0v) is 24.7. The molecule has 1 N–H and O–H groups in total. The van der Waals surface area contributed by atoms with Crippen LogP contribution in [0.2, 0.25) is 0 Å². The van der Waals surface area contributed by atoms with E-state index < -0.39 is 17.5 Å². The maximum absolute atomic E-state index is 14.0. The Bertz CT molecular complexity index is 1700. The highest BCUT2D eigenvalue weighted by atomic mass is 35.7. The molecule has 0 bridgehead atoms. The van der Waals surface area contributed by atoms with Crippen LogP contribution in [0.5, 0.6) is 0 Å². The monoisotopic (exact) mass is 627 g/mol. The first-order chi connectivity index (χ1) is 21.3. The minimum Gasteiger partial charge on any atom is -0.207 e. The number of benzene rings is 5. The minimum absolute atomic E-state index is 0.281. The molecule has 0 amide bonds. The molecule has 1 aromatic heterocycles. The van der Waals surface area contributed by atoms with Gasteiger partial charge in [-0.05, 0) is 64.5 Å². The Hall–Kier alpha value is -4.60. The zero-order chi connectivity index (χ0) is 31.0. The van der Waals surface area contributed by atoms with Gasteiger partial charge < -0.3 is 0 Å². The first kappa shape index (κ1) is 30.8. The Morgan fingerprint density at radius 1 is 0.659 bits per heavy atom. The van der Waals surface area contributed by atoms with Crippen LogP contribution < -0.4 is 29.9 Å². The molecule has 0 saturated carbocycles. The quantitative estimate of drug-likeness (QED) is 0.269. The van der Waals surface area contributed by atoms with Crippen molar-refractivity contribution >= 4 is 34.7 Å². The lowest BCUT2D eigenvalue weighted by Crippen LogP contribution is -2.58. The standard InChI is InChI=1S/C33H25FN4P.ClHO4/c34-28-23-21-26(22-24-28)25-32(38-33(35-36-37-38)27-13-5-1-6-14-27)39(29-15-7-2-8-16-29,30-17-9-3-10-18-30)31-19-11-4-12-20-31;2-1(3,4)5/h1-25H;(H,2,3,4,5)/q+1;/b32-25+;. The van der Waals surface area contributed by atoms with E-state index >= 15 is 0 Å². The lowest BCUT2D eigenvalue weighted by molar-refractivity contribution is -1.92. The molecule has 6 rings (SSSR count). The normalized spacial score (nSPS) is 11.9. The van der Waals surface area contributed by atoms with E-state index in [2.05, 4.69) is 94.4 Å². The van der Waals surface area contributed by atoms with E-state index in [9.17, 15) is 4.39 Å². The number of nitrogens with zero attached hydrogens (tertiary/aromatic N) is 4. The predicted molar refractivity (Wildman–Crippen MR) is 161 cm³/mol. The van der Waals surface area contributed by atoms with Gasteiger partial charge in [0, 0.05) is 11.6 Å². The van der Waals surface area contributed by atoms with Gasteiger partial charge in [-0.1, -0.05) is 97.1 Å². The highest BCUT2D eigenvalue weighted by molar-refractivity contribution is 8.03. The van der Waals surface area contributed by atoms with Crippen LogP contribution in [0.4, 0.5) is 4.39 Å². The van der Waals surface area contributed by atoms with Crippen LogP contribution in [0.3, 0.4) is 0 Å². The van der Waals surface area contributed by atoms with Gasteiger partial charge in [0.1, 0.15) is 21.7 Å². The Morgan fingerprint density at radius 2 is 1.07 bits per heavy atom. The number of halogens is 2. The largest absolute Gasteiger partial charge is 0.207 e. The highest BCUT2D eigenvalue weighted by Crippen LogP contribution is 2.65. The van der Waals surface area contributed by atoms with E-state index in [0.29, 0.717) is 5.82 Å². The lowest BCUT2D eigenvalue weighted by atomic mass is 10.2. The summed E-state index contributed by atoms with van der Waals surface area (Å²) in [7, 11) is -7.28. The molecule has 0 radical (unpaired) electrons. The van der Waals surface area contributed by atoms with Crippen molar-refractivity contribution in [3.05, 3.63) is 157 Å². The molecule has 8 nitrogen and oxygen atoms in total. The molecular formula is C33H26ClFN4O4P+. The van der Waals surface area contributed by atoms with Crippen LogP contribution in [0.15, 0.2) is 146 Å². The van der Waals surface area contributed by atoms with E-state index in [4.69, 9.17) is 18.6 Å². The second kappa shape index (κ2) is 13.8. The third-order valence-electron chi connectivity index (χ3n) is 6.66. The molecule has 0 saturated heterocycles. The average Bonchev–Trinajstić information content (AvgIpc) is 3.53. The maximum Gasteiger partial charge on any atom is 0.203 e. The average molecular weight is 628 g/mol. The summed E-state index contributed by atoms with van der Waals surface area (Å²) in [5.74, 6) is 0.354. The molecule has 11 heteroatoms. The van der Waals surface area contributed by atoms with Crippen LogP contribution in [0, 0.1) is 16.1 Å². The Balaban J connectivity index is 0.000000712. The first-order valence-corrected chi connectivity index (χ1v) is 16.3. The summed E-state index contributed by atoms with van der Waals surface area (Å²) in [6.45, 7) is 0. The summed E-state index contributed by atoms with van der Waals surface area (Å²) in [5.41, 5.74) is 2.68. The van der Waals surface area contributed by atoms with Crippen molar-refractivity contribution in [3.63, 3.8) is 0 Å². The minimum atomic E-state index is -4.69. The Morgan fingerprint density at radius 3 is 1.50 bits per heavy atom. The number of tetrazole rings is 1. The van der Waals surface area contributed by atoms with Crippen molar-refractivity contribution in [1.82, 2.24) is 20.2 Å². The number of hydrogen-bond acceptors (Lipinski definition) is 7. The fourth-order valence-electron chi connectivity index (χ4n) is 4.92. The second-order valence-electron chi connectivity index (χ2n) is 9.41. The maximum atomic E-state index is 14.0.